The number of nitrogens with zero attached hydrogens (tertiary/aromatic N) is 8. The highest BCUT2D eigenvalue weighted by molar-refractivity contribution is 5.41. The van der Waals surface area contributed by atoms with Crippen LogP contribution in [0.15, 0.2) is 30.9 Å². The molecule has 1 aliphatic heterocycles. The van der Waals surface area contributed by atoms with Crippen molar-refractivity contribution in [2.45, 2.75) is 19.9 Å². The Balaban J connectivity index is 1.62. The Bertz CT molecular complexity index is 912. The van der Waals surface area contributed by atoms with E-state index in [0.717, 1.165) is 48.5 Å². The summed E-state index contributed by atoms with van der Waals surface area (Å²) in [7, 11) is 4.19. The lowest BCUT2D eigenvalue weighted by Gasteiger charge is -2.39. The van der Waals surface area contributed by atoms with Crippen molar-refractivity contribution in [2.24, 2.45) is 7.05 Å². The Kier molecular flexibility index (Phi) is 4.20. The second-order valence-electron chi connectivity index (χ2n) is 6.91. The van der Waals surface area contributed by atoms with Crippen LogP contribution in [-0.2, 0) is 7.05 Å². The molecule has 0 N–H and O–H groups in total. The molecule has 1 fully saturated rings. The van der Waals surface area contributed by atoms with E-state index in [9.17, 15) is 0 Å². The Hall–Kier alpha value is -2.74. The van der Waals surface area contributed by atoms with Gasteiger partial charge in [-0.05, 0) is 27.0 Å². The van der Waals surface area contributed by atoms with Gasteiger partial charge in [0.05, 0.1) is 24.1 Å². The van der Waals surface area contributed by atoms with Gasteiger partial charge in [-0.2, -0.15) is 5.10 Å². The highest BCUT2D eigenvalue weighted by atomic mass is 15.4. The van der Waals surface area contributed by atoms with E-state index < -0.39 is 0 Å². The molecule has 4 heterocycles. The number of aryl methyl sites for hydroxylation is 3. The Morgan fingerprint density at radius 1 is 1.08 bits per heavy atom. The van der Waals surface area contributed by atoms with Gasteiger partial charge in [-0.3, -0.25) is 9.88 Å². The maximum Gasteiger partial charge on any atom is 0.174 e. The number of anilines is 1. The normalized spacial score (nSPS) is 18.5. The second-order valence-corrected chi connectivity index (χ2v) is 6.91. The van der Waals surface area contributed by atoms with Crippen LogP contribution in [-0.4, -0.2) is 60.9 Å². The largest absolute Gasteiger partial charge is 0.352 e. The molecule has 1 aliphatic rings. The first-order chi connectivity index (χ1) is 12.5. The van der Waals surface area contributed by atoms with Crippen molar-refractivity contribution < 1.29 is 0 Å². The highest BCUT2D eigenvalue weighted by Crippen LogP contribution is 2.25. The average Bonchev–Trinajstić information content (AvgIpc) is 3.20. The molecule has 26 heavy (non-hydrogen) atoms. The molecule has 0 aliphatic carbocycles. The highest BCUT2D eigenvalue weighted by Gasteiger charge is 2.29. The minimum Gasteiger partial charge on any atom is -0.352 e. The van der Waals surface area contributed by atoms with Crippen LogP contribution >= 0.6 is 0 Å². The zero-order valence-electron chi connectivity index (χ0n) is 15.7. The number of likely N-dealkylation sites (N-methyl/N-ethyl adjacent to an activating group) is 1. The van der Waals surface area contributed by atoms with Gasteiger partial charge in [0.2, 0.25) is 0 Å². The summed E-state index contributed by atoms with van der Waals surface area (Å²) in [5.74, 6) is 2.70. The van der Waals surface area contributed by atoms with Crippen molar-refractivity contribution in [1.82, 2.24) is 34.2 Å². The van der Waals surface area contributed by atoms with Crippen molar-refractivity contribution in [3.05, 3.63) is 48.1 Å². The Labute approximate surface area is 153 Å². The molecule has 4 rings (SSSR count). The van der Waals surface area contributed by atoms with Gasteiger partial charge in [0.25, 0.3) is 0 Å². The van der Waals surface area contributed by atoms with E-state index in [4.69, 9.17) is 4.98 Å². The predicted molar refractivity (Wildman–Crippen MR) is 99.4 cm³/mol. The third-order valence-electron chi connectivity index (χ3n) is 4.96. The van der Waals surface area contributed by atoms with E-state index in [-0.39, 0.29) is 6.04 Å². The van der Waals surface area contributed by atoms with Crippen LogP contribution in [0.5, 0.6) is 0 Å². The number of hydrogen-bond acceptors (Lipinski definition) is 6. The molecular weight excluding hydrogens is 328 g/mol. The van der Waals surface area contributed by atoms with Crippen LogP contribution in [0, 0.1) is 13.8 Å². The fourth-order valence-corrected chi connectivity index (χ4v) is 3.52. The molecule has 0 radical (unpaired) electrons. The first-order valence-corrected chi connectivity index (χ1v) is 8.81. The van der Waals surface area contributed by atoms with Gasteiger partial charge < -0.3 is 9.47 Å². The Morgan fingerprint density at radius 2 is 1.88 bits per heavy atom. The van der Waals surface area contributed by atoms with Crippen molar-refractivity contribution in [3.8, 4) is 5.82 Å². The van der Waals surface area contributed by atoms with E-state index in [1.54, 1.807) is 6.20 Å². The topological polar surface area (TPSA) is 67.9 Å². The number of imidazole rings is 1. The summed E-state index contributed by atoms with van der Waals surface area (Å²) in [5.41, 5.74) is 2.03. The maximum atomic E-state index is 4.82. The summed E-state index contributed by atoms with van der Waals surface area (Å²) in [6, 6.07) is 2.27. The molecule has 3 aromatic rings. The molecule has 0 aromatic carbocycles. The van der Waals surface area contributed by atoms with Gasteiger partial charge in [-0.15, -0.1) is 0 Å². The molecule has 0 spiro atoms. The lowest BCUT2D eigenvalue weighted by Crippen LogP contribution is -2.47. The summed E-state index contributed by atoms with van der Waals surface area (Å²) in [6.45, 7) is 6.70. The van der Waals surface area contributed by atoms with Gasteiger partial charge in [0, 0.05) is 44.8 Å². The monoisotopic (exact) mass is 352 g/mol. The standard InChI is InChI=1S/C18H24N8/c1-13-9-14(2)26(22-13)17-11-19-10-16(21-17)25-8-7-23(3)15(12-25)18-20-5-6-24(18)4/h5-6,9-11,15H,7-8,12H2,1-4H3. The summed E-state index contributed by atoms with van der Waals surface area (Å²) in [5, 5.41) is 4.52. The minimum atomic E-state index is 0.225. The molecule has 0 bridgehead atoms. The molecule has 3 aromatic heterocycles. The lowest BCUT2D eigenvalue weighted by atomic mass is 10.1. The third-order valence-corrected chi connectivity index (χ3v) is 4.96. The van der Waals surface area contributed by atoms with E-state index >= 15 is 0 Å². The molecule has 1 unspecified atom stereocenters. The average molecular weight is 352 g/mol. The first kappa shape index (κ1) is 16.7. The molecule has 0 saturated carbocycles. The summed E-state index contributed by atoms with van der Waals surface area (Å²) in [6.07, 6.45) is 7.43. The van der Waals surface area contributed by atoms with Crippen molar-refractivity contribution in [1.29, 1.82) is 0 Å². The summed E-state index contributed by atoms with van der Waals surface area (Å²) in [4.78, 5) is 18.4. The van der Waals surface area contributed by atoms with Crippen LogP contribution in [0.25, 0.3) is 5.82 Å². The van der Waals surface area contributed by atoms with Crippen LogP contribution in [0.3, 0.4) is 0 Å². The maximum absolute atomic E-state index is 4.82. The van der Waals surface area contributed by atoms with Gasteiger partial charge in [-0.1, -0.05) is 0 Å². The number of aromatic nitrogens is 6. The quantitative estimate of drug-likeness (QED) is 0.712. The zero-order chi connectivity index (χ0) is 18.3. The van der Waals surface area contributed by atoms with Crippen LogP contribution in [0.4, 0.5) is 5.82 Å². The number of hydrogen-bond donors (Lipinski definition) is 0. The van der Waals surface area contributed by atoms with Gasteiger partial charge in [-0.25, -0.2) is 14.6 Å². The summed E-state index contributed by atoms with van der Waals surface area (Å²) < 4.78 is 3.93. The van der Waals surface area contributed by atoms with Crippen molar-refractivity contribution in [2.75, 3.05) is 31.6 Å². The minimum absolute atomic E-state index is 0.225. The lowest BCUT2D eigenvalue weighted by molar-refractivity contribution is 0.209. The van der Waals surface area contributed by atoms with E-state index in [0.29, 0.717) is 0 Å². The van der Waals surface area contributed by atoms with Crippen LogP contribution in [0.2, 0.25) is 0 Å². The second kappa shape index (κ2) is 6.53. The van der Waals surface area contributed by atoms with Crippen molar-refractivity contribution >= 4 is 5.82 Å². The predicted octanol–water partition coefficient (Wildman–Crippen LogP) is 1.51. The molecule has 8 heteroatoms. The van der Waals surface area contributed by atoms with Crippen molar-refractivity contribution in [3.63, 3.8) is 0 Å². The SMILES string of the molecule is Cc1cc(C)n(-c2cncc(N3CCN(C)C(c4nccn4C)C3)n2)n1. The van der Waals surface area contributed by atoms with Gasteiger partial charge in [0.15, 0.2) is 5.82 Å². The number of rotatable bonds is 3. The fourth-order valence-electron chi connectivity index (χ4n) is 3.52. The smallest absolute Gasteiger partial charge is 0.174 e. The first-order valence-electron chi connectivity index (χ1n) is 8.81. The van der Waals surface area contributed by atoms with Crippen LogP contribution < -0.4 is 4.90 Å². The molecule has 1 saturated heterocycles. The molecule has 8 nitrogen and oxygen atoms in total. The van der Waals surface area contributed by atoms with E-state index in [1.165, 1.54) is 0 Å². The fraction of sp³-hybridized carbons (Fsp3) is 0.444. The molecule has 0 amide bonds. The molecule has 1 atom stereocenters. The summed E-state index contributed by atoms with van der Waals surface area (Å²) >= 11 is 0. The van der Waals surface area contributed by atoms with E-state index in [2.05, 4.69) is 36.5 Å². The third kappa shape index (κ3) is 2.96. The Morgan fingerprint density at radius 3 is 2.58 bits per heavy atom. The van der Waals surface area contributed by atoms with Crippen LogP contribution in [0.1, 0.15) is 23.3 Å². The molecular formula is C18H24N8. The van der Waals surface area contributed by atoms with Gasteiger partial charge in [0.1, 0.15) is 11.6 Å². The van der Waals surface area contributed by atoms with Gasteiger partial charge >= 0.3 is 0 Å². The number of piperazine rings is 1. The van der Waals surface area contributed by atoms with E-state index in [1.807, 2.05) is 50.2 Å². The molecule has 136 valence electrons. The zero-order valence-corrected chi connectivity index (χ0v) is 15.7.